The fourth-order valence-corrected chi connectivity index (χ4v) is 3.96. The van der Waals surface area contributed by atoms with Gasteiger partial charge in [-0.3, -0.25) is 14.0 Å². The molecular formula is C25H19N7O2. The summed E-state index contributed by atoms with van der Waals surface area (Å²) in [6, 6.07) is 15.3. The summed E-state index contributed by atoms with van der Waals surface area (Å²) in [5.41, 5.74) is 8.35. The highest BCUT2D eigenvalue weighted by atomic mass is 16.2. The van der Waals surface area contributed by atoms with E-state index >= 15 is 0 Å². The van der Waals surface area contributed by atoms with Crippen molar-refractivity contribution in [2.75, 3.05) is 5.73 Å². The van der Waals surface area contributed by atoms with Gasteiger partial charge in [0.05, 0.1) is 17.3 Å². The van der Waals surface area contributed by atoms with E-state index in [0.29, 0.717) is 33.8 Å². The molecule has 0 fully saturated rings. The normalized spacial score (nSPS) is 11.9. The maximum atomic E-state index is 13.6. The van der Waals surface area contributed by atoms with Crippen molar-refractivity contribution in [3.63, 3.8) is 0 Å². The van der Waals surface area contributed by atoms with Crippen LogP contribution in [0.2, 0.25) is 0 Å². The Morgan fingerprint density at radius 1 is 1.15 bits per heavy atom. The topological polar surface area (TPSA) is 120 Å². The number of hydrogen-bond acceptors (Lipinski definition) is 6. The highest BCUT2D eigenvalue weighted by Crippen LogP contribution is 2.26. The first-order chi connectivity index (χ1) is 16.5. The summed E-state index contributed by atoms with van der Waals surface area (Å²) >= 11 is 0. The first-order valence-corrected chi connectivity index (χ1v) is 10.5. The number of pyridine rings is 1. The van der Waals surface area contributed by atoms with E-state index in [9.17, 15) is 9.59 Å². The van der Waals surface area contributed by atoms with Gasteiger partial charge in [-0.05, 0) is 30.7 Å². The quantitative estimate of drug-likeness (QED) is 0.407. The Balaban J connectivity index is 1.65. The van der Waals surface area contributed by atoms with Gasteiger partial charge in [0.1, 0.15) is 16.9 Å². The summed E-state index contributed by atoms with van der Waals surface area (Å²) in [6.45, 7) is 1.75. The lowest BCUT2D eigenvalue weighted by molar-refractivity contribution is 0.0941. The Labute approximate surface area is 193 Å². The molecule has 0 bridgehead atoms. The monoisotopic (exact) mass is 449 g/mol. The summed E-state index contributed by atoms with van der Waals surface area (Å²) in [4.78, 5) is 35.8. The van der Waals surface area contributed by atoms with Crippen molar-refractivity contribution in [2.24, 2.45) is 0 Å². The molecule has 0 aliphatic carbocycles. The third-order valence-electron chi connectivity index (χ3n) is 5.50. The third kappa shape index (κ3) is 3.34. The van der Waals surface area contributed by atoms with E-state index < -0.39 is 11.9 Å². The number of amides is 1. The average molecular weight is 449 g/mol. The molecule has 5 rings (SSSR count). The minimum atomic E-state index is -0.645. The molecule has 4 aromatic heterocycles. The van der Waals surface area contributed by atoms with Crippen LogP contribution in [0, 0.1) is 12.3 Å². The van der Waals surface area contributed by atoms with Crippen LogP contribution in [-0.2, 0) is 0 Å². The molecule has 1 aromatic carbocycles. The number of nitrogens with one attached hydrogen (secondary N) is 1. The lowest BCUT2D eigenvalue weighted by Gasteiger charge is -2.18. The predicted molar refractivity (Wildman–Crippen MR) is 128 cm³/mol. The molecule has 166 valence electrons. The van der Waals surface area contributed by atoms with Crippen LogP contribution >= 0.6 is 0 Å². The van der Waals surface area contributed by atoms with Crippen LogP contribution in [0.5, 0.6) is 0 Å². The number of rotatable bonds is 4. The summed E-state index contributed by atoms with van der Waals surface area (Å²) in [7, 11) is 0. The van der Waals surface area contributed by atoms with Crippen LogP contribution in [0.1, 0.15) is 34.7 Å². The molecule has 1 amide bonds. The Hall–Kier alpha value is -4.97. The van der Waals surface area contributed by atoms with E-state index in [1.54, 1.807) is 43.6 Å². The fourth-order valence-electron chi connectivity index (χ4n) is 3.96. The standard InChI is InChI=1S/C25H19N7O2/c1-3-17-11-7-12-18-29-21(19(25(34)32(17)18)16-9-5-4-6-10-16)15(2)28-24(33)20-22(26)30-31-14-8-13-27-23(20)31/h1,4-15H,2H3,(H2,26,30)(H,28,33)/t15-/m1/s1. The van der Waals surface area contributed by atoms with Gasteiger partial charge < -0.3 is 11.1 Å². The SMILES string of the molecule is C#Cc1cccc2nc([C@@H](C)NC(=O)c3c(N)nn4cccnc34)c(-c3ccccc3)c(=O)n12. The molecule has 9 nitrogen and oxygen atoms in total. The number of aromatic nitrogens is 5. The van der Waals surface area contributed by atoms with E-state index in [1.807, 2.05) is 30.3 Å². The summed E-state index contributed by atoms with van der Waals surface area (Å²) in [6.07, 6.45) is 8.84. The molecule has 4 heterocycles. The van der Waals surface area contributed by atoms with Crippen molar-refractivity contribution in [1.29, 1.82) is 0 Å². The van der Waals surface area contributed by atoms with Crippen LogP contribution < -0.4 is 16.6 Å². The molecule has 0 saturated carbocycles. The first kappa shape index (κ1) is 20.9. The largest absolute Gasteiger partial charge is 0.381 e. The molecule has 0 aliphatic heterocycles. The van der Waals surface area contributed by atoms with Gasteiger partial charge in [0, 0.05) is 12.4 Å². The molecule has 0 saturated heterocycles. The predicted octanol–water partition coefficient (Wildman–Crippen LogP) is 2.46. The van der Waals surface area contributed by atoms with E-state index in [1.165, 1.54) is 8.92 Å². The molecule has 0 spiro atoms. The number of fused-ring (bicyclic) bond motifs is 2. The van der Waals surface area contributed by atoms with Crippen LogP contribution in [0.15, 0.2) is 71.8 Å². The van der Waals surface area contributed by atoms with Gasteiger partial charge in [-0.1, -0.05) is 42.3 Å². The zero-order chi connectivity index (χ0) is 23.8. The van der Waals surface area contributed by atoms with Crippen molar-refractivity contribution < 1.29 is 4.79 Å². The molecule has 9 heteroatoms. The highest BCUT2D eigenvalue weighted by molar-refractivity contribution is 6.04. The fraction of sp³-hybridized carbons (Fsp3) is 0.0800. The number of carbonyl (C=O) groups excluding carboxylic acids is 1. The molecule has 3 N–H and O–H groups in total. The number of nitrogens with two attached hydrogens (primary N) is 1. The molecule has 0 aliphatic rings. The molecule has 5 aromatic rings. The van der Waals surface area contributed by atoms with Crippen LogP contribution in [-0.4, -0.2) is 29.9 Å². The maximum Gasteiger partial charge on any atom is 0.267 e. The van der Waals surface area contributed by atoms with Gasteiger partial charge in [0.2, 0.25) is 0 Å². The van der Waals surface area contributed by atoms with Gasteiger partial charge in [-0.2, -0.15) is 0 Å². The van der Waals surface area contributed by atoms with Crippen molar-refractivity contribution in [3.8, 4) is 23.5 Å². The van der Waals surface area contributed by atoms with Crippen molar-refractivity contribution >= 4 is 23.0 Å². The second-order valence-corrected chi connectivity index (χ2v) is 7.64. The molecular weight excluding hydrogens is 430 g/mol. The number of benzene rings is 1. The van der Waals surface area contributed by atoms with Crippen molar-refractivity contribution in [1.82, 2.24) is 29.3 Å². The number of nitrogen functional groups attached to an aromatic ring is 1. The molecule has 0 radical (unpaired) electrons. The lowest BCUT2D eigenvalue weighted by Crippen LogP contribution is -2.31. The Morgan fingerprint density at radius 2 is 1.94 bits per heavy atom. The number of nitrogens with zero attached hydrogens (tertiary/aromatic N) is 5. The van der Waals surface area contributed by atoms with Crippen LogP contribution in [0.3, 0.4) is 0 Å². The molecule has 34 heavy (non-hydrogen) atoms. The van der Waals surface area contributed by atoms with Gasteiger partial charge >= 0.3 is 0 Å². The van der Waals surface area contributed by atoms with Crippen LogP contribution in [0.25, 0.3) is 22.4 Å². The smallest absolute Gasteiger partial charge is 0.267 e. The lowest BCUT2D eigenvalue weighted by atomic mass is 10.0. The average Bonchev–Trinajstić information content (AvgIpc) is 3.19. The van der Waals surface area contributed by atoms with Gasteiger partial charge in [0.25, 0.3) is 11.5 Å². The van der Waals surface area contributed by atoms with E-state index in [4.69, 9.17) is 17.1 Å². The third-order valence-corrected chi connectivity index (χ3v) is 5.50. The number of terminal acetylenes is 1. The minimum absolute atomic E-state index is 0.0527. The van der Waals surface area contributed by atoms with Crippen molar-refractivity contribution in [3.05, 3.63) is 94.3 Å². The zero-order valence-corrected chi connectivity index (χ0v) is 18.1. The Morgan fingerprint density at radius 3 is 2.71 bits per heavy atom. The summed E-state index contributed by atoms with van der Waals surface area (Å²) < 4.78 is 2.83. The second-order valence-electron chi connectivity index (χ2n) is 7.64. The number of carbonyl (C=O) groups is 1. The van der Waals surface area contributed by atoms with Gasteiger partial charge in [-0.25, -0.2) is 14.5 Å². The van der Waals surface area contributed by atoms with E-state index in [0.717, 1.165) is 0 Å². The molecule has 0 unspecified atom stereocenters. The van der Waals surface area contributed by atoms with Crippen molar-refractivity contribution in [2.45, 2.75) is 13.0 Å². The number of anilines is 1. The highest BCUT2D eigenvalue weighted by Gasteiger charge is 2.25. The summed E-state index contributed by atoms with van der Waals surface area (Å²) in [5.74, 6) is 2.11. The van der Waals surface area contributed by atoms with E-state index in [2.05, 4.69) is 21.3 Å². The second kappa shape index (κ2) is 8.18. The minimum Gasteiger partial charge on any atom is -0.381 e. The van der Waals surface area contributed by atoms with Gasteiger partial charge in [-0.15, -0.1) is 11.5 Å². The molecule has 1 atom stereocenters. The maximum absolute atomic E-state index is 13.6. The Bertz CT molecular complexity index is 1660. The van der Waals surface area contributed by atoms with Gasteiger partial charge in [0.15, 0.2) is 11.5 Å². The summed E-state index contributed by atoms with van der Waals surface area (Å²) in [5, 5.41) is 7.04. The first-order valence-electron chi connectivity index (χ1n) is 10.5. The number of hydrogen-bond donors (Lipinski definition) is 2. The van der Waals surface area contributed by atoms with E-state index in [-0.39, 0.29) is 16.9 Å². The van der Waals surface area contributed by atoms with Crippen LogP contribution in [0.4, 0.5) is 5.82 Å². The Kier molecular flexibility index (Phi) is 5.03. The zero-order valence-electron chi connectivity index (χ0n) is 18.1.